The second-order valence-corrected chi connectivity index (χ2v) is 10.3. The Labute approximate surface area is 221 Å². The molecule has 0 aliphatic carbocycles. The monoisotopic (exact) mass is 514 g/mol. The third-order valence-electron chi connectivity index (χ3n) is 5.54. The molecule has 0 saturated carbocycles. The number of benzene rings is 2. The van der Waals surface area contributed by atoms with Gasteiger partial charge in [-0.3, -0.25) is 14.7 Å². The van der Waals surface area contributed by atoms with E-state index in [2.05, 4.69) is 15.3 Å². The molecule has 8 heteroatoms. The molecule has 1 N–H and O–H groups in total. The molecular formula is C29H30N4O3S. The van der Waals surface area contributed by atoms with E-state index >= 15 is 0 Å². The predicted molar refractivity (Wildman–Crippen MR) is 146 cm³/mol. The molecule has 4 aromatic rings. The van der Waals surface area contributed by atoms with Crippen LogP contribution in [0.4, 0.5) is 10.5 Å². The molecule has 0 radical (unpaired) electrons. The molecular weight excluding hydrogens is 484 g/mol. The number of hydrogen-bond donors (Lipinski definition) is 1. The molecule has 37 heavy (non-hydrogen) atoms. The summed E-state index contributed by atoms with van der Waals surface area (Å²) in [4.78, 5) is 37.1. The maximum Gasteiger partial charge on any atom is 0.411 e. The molecule has 2 amide bonds. The molecule has 0 saturated heterocycles. The van der Waals surface area contributed by atoms with Crippen molar-refractivity contribution >= 4 is 29.0 Å². The van der Waals surface area contributed by atoms with Gasteiger partial charge in [0, 0.05) is 29.9 Å². The fourth-order valence-corrected chi connectivity index (χ4v) is 4.39. The van der Waals surface area contributed by atoms with Gasteiger partial charge in [0.05, 0.1) is 17.7 Å². The molecule has 2 aromatic carbocycles. The summed E-state index contributed by atoms with van der Waals surface area (Å²) in [6.07, 6.45) is 3.21. The van der Waals surface area contributed by atoms with E-state index in [9.17, 15) is 9.59 Å². The first-order chi connectivity index (χ1) is 17.8. The van der Waals surface area contributed by atoms with E-state index in [0.29, 0.717) is 17.8 Å². The van der Waals surface area contributed by atoms with Crippen LogP contribution in [0.1, 0.15) is 32.0 Å². The zero-order chi connectivity index (χ0) is 26.3. The second kappa shape index (κ2) is 11.8. The minimum absolute atomic E-state index is 0.153. The average Bonchev–Trinajstić information content (AvgIpc) is 3.40. The van der Waals surface area contributed by atoms with Gasteiger partial charge in [-0.25, -0.2) is 9.78 Å². The van der Waals surface area contributed by atoms with E-state index in [1.165, 1.54) is 16.2 Å². The first kappa shape index (κ1) is 26.0. The van der Waals surface area contributed by atoms with Gasteiger partial charge in [0.15, 0.2) is 0 Å². The van der Waals surface area contributed by atoms with Crippen molar-refractivity contribution < 1.29 is 14.3 Å². The summed E-state index contributed by atoms with van der Waals surface area (Å²) >= 11 is 1.44. The molecule has 1 atom stereocenters. The standard InChI is InChI=1S/C29H30N4O3S/c1-29(2,3)36-28(35)33(18-25-19-37-20-31-25)26(16-21-8-5-4-6-9-21)27(34)32-24-11-7-10-23(17-24)22-12-14-30-15-13-22/h4-15,17,19-20,26H,16,18H2,1-3H3,(H,32,34). The highest BCUT2D eigenvalue weighted by molar-refractivity contribution is 7.07. The Morgan fingerprint density at radius 2 is 1.76 bits per heavy atom. The average molecular weight is 515 g/mol. The number of hydrogen-bond acceptors (Lipinski definition) is 6. The predicted octanol–water partition coefficient (Wildman–Crippen LogP) is 6.19. The summed E-state index contributed by atoms with van der Waals surface area (Å²) in [5.41, 5.74) is 5.19. The van der Waals surface area contributed by atoms with Crippen LogP contribution in [-0.2, 0) is 22.5 Å². The number of carbonyl (C=O) groups excluding carboxylic acids is 2. The highest BCUT2D eigenvalue weighted by atomic mass is 32.1. The molecule has 2 aromatic heterocycles. The van der Waals surface area contributed by atoms with Crippen molar-refractivity contribution in [1.29, 1.82) is 0 Å². The van der Waals surface area contributed by atoms with Gasteiger partial charge >= 0.3 is 6.09 Å². The van der Waals surface area contributed by atoms with Crippen molar-refractivity contribution in [3.8, 4) is 11.1 Å². The molecule has 4 rings (SSSR count). The SMILES string of the molecule is CC(C)(C)OC(=O)N(Cc1cscn1)C(Cc1ccccc1)C(=O)Nc1cccc(-c2ccncc2)c1. The summed E-state index contributed by atoms with van der Waals surface area (Å²) in [6.45, 7) is 5.58. The second-order valence-electron chi connectivity index (χ2n) is 9.60. The van der Waals surface area contributed by atoms with Crippen molar-refractivity contribution in [2.45, 2.75) is 45.4 Å². The van der Waals surface area contributed by atoms with Crippen LogP contribution >= 0.6 is 11.3 Å². The van der Waals surface area contributed by atoms with Gasteiger partial charge in [-0.1, -0.05) is 42.5 Å². The molecule has 1 unspecified atom stereocenters. The summed E-state index contributed by atoms with van der Waals surface area (Å²) in [5.74, 6) is -0.308. The van der Waals surface area contributed by atoms with Crippen molar-refractivity contribution in [3.05, 3.63) is 101 Å². The first-order valence-corrected chi connectivity index (χ1v) is 12.9. The lowest BCUT2D eigenvalue weighted by Gasteiger charge is -2.32. The van der Waals surface area contributed by atoms with E-state index in [4.69, 9.17) is 4.74 Å². The van der Waals surface area contributed by atoms with Gasteiger partial charge in [-0.15, -0.1) is 11.3 Å². The molecule has 0 aliphatic rings. The number of carbonyl (C=O) groups is 2. The van der Waals surface area contributed by atoms with E-state index in [-0.39, 0.29) is 12.5 Å². The molecule has 0 spiro atoms. The summed E-state index contributed by atoms with van der Waals surface area (Å²) < 4.78 is 5.72. The lowest BCUT2D eigenvalue weighted by molar-refractivity contribution is -0.121. The first-order valence-electron chi connectivity index (χ1n) is 12.0. The minimum Gasteiger partial charge on any atom is -0.444 e. The van der Waals surface area contributed by atoms with Gasteiger partial charge in [0.1, 0.15) is 11.6 Å². The fourth-order valence-electron chi connectivity index (χ4n) is 3.84. The van der Waals surface area contributed by atoms with Crippen LogP contribution in [0, 0.1) is 0 Å². The quantitative estimate of drug-likeness (QED) is 0.303. The van der Waals surface area contributed by atoms with Crippen LogP contribution in [0.2, 0.25) is 0 Å². The van der Waals surface area contributed by atoms with Crippen LogP contribution in [0.15, 0.2) is 90.0 Å². The maximum absolute atomic E-state index is 13.8. The molecule has 0 fully saturated rings. The fraction of sp³-hybridized carbons (Fsp3) is 0.241. The number of aromatic nitrogens is 2. The minimum atomic E-state index is -0.830. The lowest BCUT2D eigenvalue weighted by atomic mass is 10.0. The highest BCUT2D eigenvalue weighted by Crippen LogP contribution is 2.24. The highest BCUT2D eigenvalue weighted by Gasteiger charge is 2.34. The summed E-state index contributed by atoms with van der Waals surface area (Å²) in [6, 6.07) is 20.2. The molecule has 0 aliphatic heterocycles. The van der Waals surface area contributed by atoms with Crippen LogP contribution < -0.4 is 5.32 Å². The van der Waals surface area contributed by atoms with Gasteiger partial charge in [-0.05, 0) is 61.7 Å². The maximum atomic E-state index is 13.8. The molecule has 0 bridgehead atoms. The zero-order valence-electron chi connectivity index (χ0n) is 21.1. The molecule has 7 nitrogen and oxygen atoms in total. The zero-order valence-corrected chi connectivity index (χ0v) is 21.9. The van der Waals surface area contributed by atoms with Crippen molar-refractivity contribution in [1.82, 2.24) is 14.9 Å². The Kier molecular flexibility index (Phi) is 8.30. The van der Waals surface area contributed by atoms with Gasteiger partial charge in [0.2, 0.25) is 5.91 Å². The Morgan fingerprint density at radius 3 is 2.43 bits per heavy atom. The van der Waals surface area contributed by atoms with E-state index in [1.54, 1.807) is 17.9 Å². The van der Waals surface area contributed by atoms with Crippen molar-refractivity contribution in [2.24, 2.45) is 0 Å². The Bertz CT molecular complexity index is 1310. The topological polar surface area (TPSA) is 84.4 Å². The largest absolute Gasteiger partial charge is 0.444 e. The third kappa shape index (κ3) is 7.47. The number of amides is 2. The lowest BCUT2D eigenvalue weighted by Crippen LogP contribution is -2.49. The number of pyridine rings is 1. The van der Waals surface area contributed by atoms with E-state index < -0.39 is 17.7 Å². The van der Waals surface area contributed by atoms with Gasteiger partial charge in [0.25, 0.3) is 0 Å². The van der Waals surface area contributed by atoms with Gasteiger partial charge in [-0.2, -0.15) is 0 Å². The number of ether oxygens (including phenoxy) is 1. The van der Waals surface area contributed by atoms with Crippen LogP contribution in [0.5, 0.6) is 0 Å². The molecule has 2 heterocycles. The number of nitrogens with zero attached hydrogens (tertiary/aromatic N) is 3. The number of anilines is 1. The normalized spacial score (nSPS) is 12.0. The molecule has 190 valence electrons. The van der Waals surface area contributed by atoms with Crippen LogP contribution in [-0.4, -0.2) is 38.5 Å². The summed E-state index contributed by atoms with van der Waals surface area (Å²) in [5, 5.41) is 4.90. The van der Waals surface area contributed by atoms with Gasteiger partial charge < -0.3 is 10.1 Å². The van der Waals surface area contributed by atoms with Crippen molar-refractivity contribution in [3.63, 3.8) is 0 Å². The van der Waals surface area contributed by atoms with E-state index in [1.807, 2.05) is 92.9 Å². The number of rotatable bonds is 8. The van der Waals surface area contributed by atoms with Crippen LogP contribution in [0.3, 0.4) is 0 Å². The number of thiazole rings is 1. The van der Waals surface area contributed by atoms with Crippen LogP contribution in [0.25, 0.3) is 11.1 Å². The van der Waals surface area contributed by atoms with Crippen molar-refractivity contribution in [2.75, 3.05) is 5.32 Å². The van der Waals surface area contributed by atoms with E-state index in [0.717, 1.165) is 16.7 Å². The smallest absolute Gasteiger partial charge is 0.411 e. The Hall–Kier alpha value is -4.04. The Balaban J connectivity index is 1.66. The third-order valence-corrected chi connectivity index (χ3v) is 6.17. The summed E-state index contributed by atoms with van der Waals surface area (Å²) in [7, 11) is 0. The Morgan fingerprint density at radius 1 is 1.00 bits per heavy atom. The number of nitrogens with one attached hydrogen (secondary N) is 1.